The van der Waals surface area contributed by atoms with Gasteiger partial charge in [0.15, 0.2) is 11.5 Å². The van der Waals surface area contributed by atoms with Crippen LogP contribution in [0.3, 0.4) is 0 Å². The maximum atomic E-state index is 12.5. The van der Waals surface area contributed by atoms with E-state index < -0.39 is 0 Å². The van der Waals surface area contributed by atoms with Gasteiger partial charge < -0.3 is 19.5 Å². The minimum absolute atomic E-state index is 0.284. The fraction of sp³-hybridized carbons (Fsp3) is 0.278. The Balaban J connectivity index is 2.23. The first-order valence-electron chi connectivity index (χ1n) is 7.48. The number of anilines is 1. The summed E-state index contributed by atoms with van der Waals surface area (Å²) in [6.45, 7) is 2.78. The van der Waals surface area contributed by atoms with Gasteiger partial charge in [0.25, 0.3) is 5.91 Å². The molecule has 0 atom stereocenters. The number of nitrogens with one attached hydrogen (secondary N) is 1. The summed E-state index contributed by atoms with van der Waals surface area (Å²) in [4.78, 5) is 12.5. The van der Waals surface area contributed by atoms with E-state index in [-0.39, 0.29) is 5.91 Å². The fourth-order valence-electron chi connectivity index (χ4n) is 2.24. The van der Waals surface area contributed by atoms with Gasteiger partial charge in [0.05, 0.1) is 25.3 Å². The van der Waals surface area contributed by atoms with E-state index in [2.05, 4.69) is 5.32 Å². The number of benzene rings is 2. The van der Waals surface area contributed by atoms with Gasteiger partial charge in [-0.05, 0) is 36.8 Å². The van der Waals surface area contributed by atoms with E-state index in [1.165, 1.54) is 7.11 Å². The van der Waals surface area contributed by atoms with Crippen LogP contribution < -0.4 is 14.8 Å². The maximum Gasteiger partial charge on any atom is 0.255 e. The van der Waals surface area contributed by atoms with Crippen molar-refractivity contribution in [1.29, 1.82) is 0 Å². The molecule has 0 aliphatic carbocycles. The van der Waals surface area contributed by atoms with E-state index in [0.717, 1.165) is 5.56 Å². The average Bonchev–Trinajstić information content (AvgIpc) is 2.57. The quantitative estimate of drug-likeness (QED) is 0.816. The average molecular weight is 350 g/mol. The SMILES string of the molecule is CCOc1c(Cl)cc(C(=O)Nc2cccc(COC)c2)cc1OC. The van der Waals surface area contributed by atoms with Gasteiger partial charge in [-0.2, -0.15) is 0 Å². The van der Waals surface area contributed by atoms with Crippen molar-refractivity contribution in [3.05, 3.63) is 52.5 Å². The molecule has 0 saturated heterocycles. The number of ether oxygens (including phenoxy) is 3. The summed E-state index contributed by atoms with van der Waals surface area (Å²) in [5.41, 5.74) is 2.04. The molecule has 24 heavy (non-hydrogen) atoms. The van der Waals surface area contributed by atoms with E-state index in [1.54, 1.807) is 19.2 Å². The van der Waals surface area contributed by atoms with Crippen molar-refractivity contribution in [2.45, 2.75) is 13.5 Å². The van der Waals surface area contributed by atoms with Crippen molar-refractivity contribution in [2.24, 2.45) is 0 Å². The predicted molar refractivity (Wildman–Crippen MR) is 94.3 cm³/mol. The summed E-state index contributed by atoms with van der Waals surface area (Å²) in [5.74, 6) is 0.566. The molecular weight excluding hydrogens is 330 g/mol. The van der Waals surface area contributed by atoms with Crippen LogP contribution in [0.5, 0.6) is 11.5 Å². The number of carbonyl (C=O) groups is 1. The highest BCUT2D eigenvalue weighted by molar-refractivity contribution is 6.32. The molecule has 0 spiro atoms. The third-order valence-electron chi connectivity index (χ3n) is 3.28. The first-order chi connectivity index (χ1) is 11.6. The number of rotatable bonds is 7. The summed E-state index contributed by atoms with van der Waals surface area (Å²) in [6.07, 6.45) is 0. The van der Waals surface area contributed by atoms with Crippen LogP contribution in [0.1, 0.15) is 22.8 Å². The Labute approximate surface area is 146 Å². The standard InChI is InChI=1S/C18H20ClNO4/c1-4-24-17-15(19)9-13(10-16(17)23-3)18(21)20-14-7-5-6-12(8-14)11-22-2/h5-10H,4,11H2,1-3H3,(H,20,21). The smallest absolute Gasteiger partial charge is 0.255 e. The van der Waals surface area contributed by atoms with E-state index >= 15 is 0 Å². The Kier molecular flexibility index (Phi) is 6.46. The molecule has 0 aliphatic rings. The maximum absolute atomic E-state index is 12.5. The summed E-state index contributed by atoms with van der Waals surface area (Å²) < 4.78 is 15.8. The lowest BCUT2D eigenvalue weighted by Crippen LogP contribution is -2.12. The number of methoxy groups -OCH3 is 2. The molecule has 0 unspecified atom stereocenters. The zero-order valence-corrected chi connectivity index (χ0v) is 14.6. The van der Waals surface area contributed by atoms with Crippen molar-refractivity contribution in [3.8, 4) is 11.5 Å². The van der Waals surface area contributed by atoms with Gasteiger partial charge in [-0.3, -0.25) is 4.79 Å². The topological polar surface area (TPSA) is 56.8 Å². The van der Waals surface area contributed by atoms with Crippen LogP contribution in [0.2, 0.25) is 5.02 Å². The largest absolute Gasteiger partial charge is 0.493 e. The number of halogens is 1. The normalized spacial score (nSPS) is 10.3. The molecule has 0 bridgehead atoms. The third-order valence-corrected chi connectivity index (χ3v) is 3.56. The molecule has 0 aliphatic heterocycles. The van der Waals surface area contributed by atoms with Crippen molar-refractivity contribution < 1.29 is 19.0 Å². The second-order valence-electron chi connectivity index (χ2n) is 5.01. The summed E-state index contributed by atoms with van der Waals surface area (Å²) in [7, 11) is 3.13. The minimum atomic E-state index is -0.284. The van der Waals surface area contributed by atoms with E-state index in [9.17, 15) is 4.79 Å². The van der Waals surface area contributed by atoms with Crippen LogP contribution in [0.4, 0.5) is 5.69 Å². The van der Waals surface area contributed by atoms with E-state index in [1.807, 2.05) is 31.2 Å². The van der Waals surface area contributed by atoms with Gasteiger partial charge in [0.2, 0.25) is 0 Å². The van der Waals surface area contributed by atoms with E-state index in [0.29, 0.717) is 41.0 Å². The van der Waals surface area contributed by atoms with Gasteiger partial charge in [-0.1, -0.05) is 23.7 Å². The van der Waals surface area contributed by atoms with Gasteiger partial charge >= 0.3 is 0 Å². The molecule has 6 heteroatoms. The minimum Gasteiger partial charge on any atom is -0.493 e. The molecule has 5 nitrogen and oxygen atoms in total. The lowest BCUT2D eigenvalue weighted by Gasteiger charge is -2.13. The Morgan fingerprint density at radius 1 is 1.21 bits per heavy atom. The van der Waals surface area contributed by atoms with Gasteiger partial charge in [-0.15, -0.1) is 0 Å². The first kappa shape index (κ1) is 18.1. The molecule has 2 rings (SSSR count). The third kappa shape index (κ3) is 4.40. The monoisotopic (exact) mass is 349 g/mol. The Morgan fingerprint density at radius 3 is 2.67 bits per heavy atom. The lowest BCUT2D eigenvalue weighted by molar-refractivity contribution is 0.102. The highest BCUT2D eigenvalue weighted by Gasteiger charge is 2.16. The number of hydrogen-bond acceptors (Lipinski definition) is 4. The van der Waals surface area contributed by atoms with Crippen LogP contribution in [-0.2, 0) is 11.3 Å². The molecule has 0 heterocycles. The molecule has 0 aromatic heterocycles. The highest BCUT2D eigenvalue weighted by atomic mass is 35.5. The van der Waals surface area contributed by atoms with Gasteiger partial charge in [0.1, 0.15) is 0 Å². The van der Waals surface area contributed by atoms with Crippen molar-refractivity contribution >= 4 is 23.2 Å². The summed E-state index contributed by atoms with van der Waals surface area (Å²) in [5, 5.41) is 3.17. The highest BCUT2D eigenvalue weighted by Crippen LogP contribution is 2.36. The molecule has 2 aromatic carbocycles. The number of hydrogen-bond donors (Lipinski definition) is 1. The Bertz CT molecular complexity index is 718. The molecule has 2 aromatic rings. The zero-order valence-electron chi connectivity index (χ0n) is 13.9. The summed E-state index contributed by atoms with van der Waals surface area (Å²) in [6, 6.07) is 10.6. The van der Waals surface area contributed by atoms with Crippen molar-refractivity contribution in [2.75, 3.05) is 26.1 Å². The van der Waals surface area contributed by atoms with Crippen LogP contribution in [0.25, 0.3) is 0 Å². The molecular formula is C18H20ClNO4. The molecule has 1 N–H and O–H groups in total. The lowest BCUT2D eigenvalue weighted by atomic mass is 10.1. The predicted octanol–water partition coefficient (Wildman–Crippen LogP) is 4.15. The van der Waals surface area contributed by atoms with Crippen LogP contribution in [0, 0.1) is 0 Å². The second-order valence-corrected chi connectivity index (χ2v) is 5.42. The van der Waals surface area contributed by atoms with Crippen molar-refractivity contribution in [3.63, 3.8) is 0 Å². The molecule has 0 radical (unpaired) electrons. The zero-order chi connectivity index (χ0) is 17.5. The van der Waals surface area contributed by atoms with Gasteiger partial charge in [-0.25, -0.2) is 0 Å². The van der Waals surface area contributed by atoms with Crippen LogP contribution in [0.15, 0.2) is 36.4 Å². The number of amides is 1. The van der Waals surface area contributed by atoms with E-state index in [4.69, 9.17) is 25.8 Å². The molecule has 128 valence electrons. The second kappa shape index (κ2) is 8.57. The first-order valence-corrected chi connectivity index (χ1v) is 7.86. The van der Waals surface area contributed by atoms with Crippen LogP contribution in [-0.4, -0.2) is 26.7 Å². The van der Waals surface area contributed by atoms with Crippen molar-refractivity contribution in [1.82, 2.24) is 0 Å². The molecule has 1 amide bonds. The molecule has 0 fully saturated rings. The summed E-state index contributed by atoms with van der Waals surface area (Å²) >= 11 is 6.20. The van der Waals surface area contributed by atoms with Gasteiger partial charge in [0, 0.05) is 18.4 Å². The molecule has 0 saturated carbocycles. The Hall–Kier alpha value is -2.24. The number of carbonyl (C=O) groups excluding carboxylic acids is 1. The fourth-order valence-corrected chi connectivity index (χ4v) is 2.51. The Morgan fingerprint density at radius 2 is 2.00 bits per heavy atom. The van der Waals surface area contributed by atoms with Crippen LogP contribution >= 0.6 is 11.6 Å².